The van der Waals surface area contributed by atoms with E-state index in [1.165, 1.54) is 37.4 Å². The maximum Gasteiger partial charge on any atom is 0.258 e. The van der Waals surface area contributed by atoms with Gasteiger partial charge in [0.1, 0.15) is 17.9 Å². The first-order valence-corrected chi connectivity index (χ1v) is 17.3. The van der Waals surface area contributed by atoms with E-state index in [9.17, 15) is 14.0 Å². The minimum absolute atomic E-state index is 0.0130. The maximum absolute atomic E-state index is 14.4. The van der Waals surface area contributed by atoms with Crippen LogP contribution in [0.2, 0.25) is 0 Å². The normalized spacial score (nSPS) is 27.1. The lowest BCUT2D eigenvalue weighted by Crippen LogP contribution is -2.61. The number of anilines is 1. The van der Waals surface area contributed by atoms with E-state index in [4.69, 9.17) is 4.74 Å². The van der Waals surface area contributed by atoms with Crippen molar-refractivity contribution >= 4 is 17.6 Å². The number of piperidine rings is 1. The molecule has 5 aliphatic rings. The van der Waals surface area contributed by atoms with Crippen molar-refractivity contribution in [2.24, 2.45) is 16.7 Å². The van der Waals surface area contributed by atoms with E-state index in [1.54, 1.807) is 6.20 Å². The predicted molar refractivity (Wildman–Crippen MR) is 174 cm³/mol. The Bertz CT molecular complexity index is 1470. The zero-order valence-electron chi connectivity index (χ0n) is 27.9. The minimum atomic E-state index is -0.463. The number of carbonyl (C=O) groups is 2. The van der Waals surface area contributed by atoms with Gasteiger partial charge < -0.3 is 24.8 Å². The van der Waals surface area contributed by atoms with Crippen molar-refractivity contribution in [2.45, 2.75) is 103 Å². The highest BCUT2D eigenvalue weighted by Gasteiger charge is 2.50. The first kappa shape index (κ1) is 31.3. The summed E-state index contributed by atoms with van der Waals surface area (Å²) >= 11 is 0. The Kier molecular flexibility index (Phi) is 8.01. The maximum atomic E-state index is 14.4. The van der Waals surface area contributed by atoms with E-state index in [-0.39, 0.29) is 45.8 Å². The second kappa shape index (κ2) is 11.8. The molecule has 2 aliphatic carbocycles. The minimum Gasteiger partial charge on any atom is -0.451 e. The molecule has 2 aromatic rings. The van der Waals surface area contributed by atoms with Crippen molar-refractivity contribution in [3.8, 4) is 11.5 Å². The van der Waals surface area contributed by atoms with E-state index in [2.05, 4.69) is 38.9 Å². The summed E-state index contributed by atoms with van der Waals surface area (Å²) in [5.74, 6) is 1.78. The molecule has 0 atom stereocenters. The molecule has 5 fully saturated rings. The van der Waals surface area contributed by atoms with Crippen LogP contribution in [0.5, 0.6) is 11.5 Å². The lowest BCUT2D eigenvalue weighted by Gasteiger charge is -2.55. The Morgan fingerprint density at radius 2 is 1.80 bits per heavy atom. The largest absolute Gasteiger partial charge is 0.451 e. The first-order chi connectivity index (χ1) is 21.9. The zero-order valence-corrected chi connectivity index (χ0v) is 27.9. The highest BCUT2D eigenvalue weighted by molar-refractivity contribution is 5.97. The molecule has 0 unspecified atom stereocenters. The van der Waals surface area contributed by atoms with Gasteiger partial charge in [-0.1, -0.05) is 13.8 Å². The van der Waals surface area contributed by atoms with Gasteiger partial charge in [0.05, 0.1) is 11.8 Å². The van der Waals surface area contributed by atoms with Crippen molar-refractivity contribution in [2.75, 3.05) is 37.6 Å². The number of hydrogen-bond donors (Lipinski definition) is 1. The topological polar surface area (TPSA) is 90.9 Å². The van der Waals surface area contributed by atoms with Crippen LogP contribution in [0.4, 0.5) is 10.2 Å². The Balaban J connectivity index is 0.945. The van der Waals surface area contributed by atoms with Crippen molar-refractivity contribution in [3.05, 3.63) is 42.1 Å². The number of carbonyl (C=O) groups excluding carboxylic acids is 2. The number of nitrogens with zero attached hydrogens (tertiary/aromatic N) is 5. The van der Waals surface area contributed by atoms with E-state index >= 15 is 0 Å². The highest BCUT2D eigenvalue weighted by atomic mass is 19.1. The molecule has 2 saturated carbocycles. The number of likely N-dealkylation sites (tertiary alicyclic amines) is 1. The van der Waals surface area contributed by atoms with Gasteiger partial charge in [-0.3, -0.25) is 9.59 Å². The monoisotopic (exact) mass is 632 g/mol. The summed E-state index contributed by atoms with van der Waals surface area (Å²) in [7, 11) is 0. The highest BCUT2D eigenvalue weighted by Crippen LogP contribution is 2.47. The molecule has 0 bridgehead atoms. The number of aromatic nitrogens is 2. The average Bonchev–Trinajstić information content (AvgIpc) is 3.80. The van der Waals surface area contributed by atoms with E-state index in [0.29, 0.717) is 23.2 Å². The summed E-state index contributed by atoms with van der Waals surface area (Å²) in [5.41, 5.74) is 0.291. The number of benzene rings is 1. The SMILES string of the molecule is CC(C)N(C(=O)c1cc(F)ccc1Oc1cncnc1N1CC2(CCN(C[C@H]3CC[C@]4(CC3)CC(C)(C)C(=O)N4)CC2)C1)C1CC1. The van der Waals surface area contributed by atoms with Gasteiger partial charge in [0.15, 0.2) is 11.6 Å². The van der Waals surface area contributed by atoms with Gasteiger partial charge in [-0.05, 0) is 109 Å². The standard InChI is InChI=1S/C36H49FN6O3/c1-24(2)43(27-6-7-27)32(44)28-17-26(37)5-8-29(28)46-30-18-38-23-39-31(30)42-21-35(22-42)13-15-41(16-14-35)19-25-9-11-36(12-10-25)20-34(3,4)33(45)40-36/h5,8,17-18,23-25,27H,6-7,9-16,19-22H2,1-4H3,(H,40,45)/t25-,36-. The number of halogens is 1. The van der Waals surface area contributed by atoms with Crippen LogP contribution in [0.15, 0.2) is 30.7 Å². The molecule has 9 nitrogen and oxygen atoms in total. The summed E-state index contributed by atoms with van der Waals surface area (Å²) in [6.45, 7) is 13.3. The van der Waals surface area contributed by atoms with Gasteiger partial charge in [0.2, 0.25) is 5.91 Å². The number of ether oxygens (including phenoxy) is 1. The molecule has 0 radical (unpaired) electrons. The Hall–Kier alpha value is -3.27. The fraction of sp³-hybridized carbons (Fsp3) is 0.667. The Morgan fingerprint density at radius 3 is 2.43 bits per heavy atom. The van der Waals surface area contributed by atoms with Gasteiger partial charge >= 0.3 is 0 Å². The van der Waals surface area contributed by atoms with Crippen LogP contribution in [0.3, 0.4) is 0 Å². The summed E-state index contributed by atoms with van der Waals surface area (Å²) in [4.78, 5) is 41.6. The molecule has 46 heavy (non-hydrogen) atoms. The number of hydrogen-bond acceptors (Lipinski definition) is 7. The fourth-order valence-electron chi connectivity index (χ4n) is 8.71. The van der Waals surface area contributed by atoms with Gasteiger partial charge in [-0.15, -0.1) is 0 Å². The van der Waals surface area contributed by atoms with E-state index in [1.807, 2.05) is 18.7 Å². The molecular formula is C36H49FN6O3. The zero-order chi connectivity index (χ0) is 32.3. The van der Waals surface area contributed by atoms with Gasteiger partial charge in [0.25, 0.3) is 5.91 Å². The predicted octanol–water partition coefficient (Wildman–Crippen LogP) is 5.80. The summed E-state index contributed by atoms with van der Waals surface area (Å²) in [6.07, 6.45) is 13.0. The van der Waals surface area contributed by atoms with Crippen LogP contribution < -0.4 is 15.0 Å². The van der Waals surface area contributed by atoms with Crippen LogP contribution >= 0.6 is 0 Å². The number of nitrogens with one attached hydrogen (secondary N) is 1. The van der Waals surface area contributed by atoms with Crippen molar-refractivity contribution in [1.29, 1.82) is 0 Å². The number of rotatable bonds is 8. The van der Waals surface area contributed by atoms with Crippen molar-refractivity contribution < 1.29 is 18.7 Å². The second-order valence-electron chi connectivity index (χ2n) is 15.9. The molecular weight excluding hydrogens is 583 g/mol. The smallest absolute Gasteiger partial charge is 0.258 e. The van der Waals surface area contributed by atoms with Gasteiger partial charge in [-0.2, -0.15) is 0 Å². The molecule has 3 aliphatic heterocycles. The molecule has 4 heterocycles. The molecule has 2 spiro atoms. The third-order valence-corrected chi connectivity index (χ3v) is 11.4. The van der Waals surface area contributed by atoms with Crippen LogP contribution in [0.1, 0.15) is 95.8 Å². The molecule has 1 aromatic heterocycles. The van der Waals surface area contributed by atoms with Crippen molar-refractivity contribution in [3.63, 3.8) is 0 Å². The van der Waals surface area contributed by atoms with Crippen molar-refractivity contribution in [1.82, 2.24) is 25.1 Å². The van der Waals surface area contributed by atoms with E-state index < -0.39 is 5.82 Å². The summed E-state index contributed by atoms with van der Waals surface area (Å²) in [5, 5.41) is 3.36. The van der Waals surface area contributed by atoms with Gasteiger partial charge in [0, 0.05) is 48.1 Å². The third-order valence-electron chi connectivity index (χ3n) is 11.4. The average molecular weight is 633 g/mol. The number of amides is 2. The molecule has 248 valence electrons. The van der Waals surface area contributed by atoms with Crippen LogP contribution in [0.25, 0.3) is 0 Å². The third kappa shape index (κ3) is 6.09. The Morgan fingerprint density at radius 1 is 1.09 bits per heavy atom. The van der Waals surface area contributed by atoms with Crippen LogP contribution in [-0.2, 0) is 4.79 Å². The molecule has 2 amide bonds. The van der Waals surface area contributed by atoms with Crippen LogP contribution in [0, 0.1) is 22.6 Å². The molecule has 3 saturated heterocycles. The van der Waals surface area contributed by atoms with Crippen LogP contribution in [-0.4, -0.2) is 81.9 Å². The fourth-order valence-corrected chi connectivity index (χ4v) is 8.71. The molecule has 1 aromatic carbocycles. The second-order valence-corrected chi connectivity index (χ2v) is 15.9. The molecule has 1 N–H and O–H groups in total. The lowest BCUT2D eigenvalue weighted by atomic mass is 9.70. The molecule has 7 rings (SSSR count). The Labute approximate surface area is 272 Å². The molecule has 10 heteroatoms. The lowest BCUT2D eigenvalue weighted by molar-refractivity contribution is -0.126. The summed E-state index contributed by atoms with van der Waals surface area (Å²) in [6, 6.07) is 4.36. The van der Waals surface area contributed by atoms with E-state index in [0.717, 1.165) is 77.7 Å². The first-order valence-electron chi connectivity index (χ1n) is 17.3. The summed E-state index contributed by atoms with van der Waals surface area (Å²) < 4.78 is 20.7. The quantitative estimate of drug-likeness (QED) is 0.394. The van der Waals surface area contributed by atoms with Gasteiger partial charge in [-0.25, -0.2) is 14.4 Å².